The number of nitrogens with one attached hydrogen (secondary N) is 2. The molecule has 0 radical (unpaired) electrons. The zero-order valence-electron chi connectivity index (χ0n) is 22.9. The van der Waals surface area contributed by atoms with Gasteiger partial charge in [-0.15, -0.1) is 0 Å². The summed E-state index contributed by atoms with van der Waals surface area (Å²) in [5, 5.41) is 13.4. The van der Waals surface area contributed by atoms with Crippen LogP contribution >= 0.6 is 0 Å². The summed E-state index contributed by atoms with van der Waals surface area (Å²) in [4.78, 5) is 18.5. The number of aliphatic hydroxyl groups is 1. The summed E-state index contributed by atoms with van der Waals surface area (Å²) >= 11 is 0. The van der Waals surface area contributed by atoms with Crippen LogP contribution in [-0.2, 0) is 17.1 Å². The van der Waals surface area contributed by atoms with Crippen molar-refractivity contribution in [3.8, 4) is 0 Å². The summed E-state index contributed by atoms with van der Waals surface area (Å²) in [5.41, 5.74) is 5.22. The number of hydrogen-bond acceptors (Lipinski definition) is 6. The molecular formula is C30H37N5O4S. The number of amides is 1. The fourth-order valence-corrected chi connectivity index (χ4v) is 7.65. The number of carbonyl (C=O) groups excluding carboxylic acids is 1. The van der Waals surface area contributed by atoms with E-state index in [0.717, 1.165) is 73.3 Å². The lowest BCUT2D eigenvalue weighted by Gasteiger charge is -2.35. The summed E-state index contributed by atoms with van der Waals surface area (Å²) in [6, 6.07) is 11.3. The molecule has 3 heterocycles. The van der Waals surface area contributed by atoms with Gasteiger partial charge in [0.15, 0.2) is 0 Å². The SMILES string of the molecule is Cn1ccc2cc(NC(=O)c3ccc(NS(=O)(=O)CCO)cc3N3CCC4(CC3)CC4)cc(N3CC4CC4C3)c21. The molecule has 9 nitrogen and oxygen atoms in total. The molecule has 212 valence electrons. The van der Waals surface area contributed by atoms with Crippen molar-refractivity contribution in [2.24, 2.45) is 24.3 Å². The Kier molecular flexibility index (Phi) is 6.05. The van der Waals surface area contributed by atoms with Gasteiger partial charge in [0.05, 0.1) is 40.5 Å². The number of hydrogen-bond donors (Lipinski definition) is 3. The second-order valence-corrected chi connectivity index (χ2v) is 14.2. The van der Waals surface area contributed by atoms with Crippen LogP contribution in [0.3, 0.4) is 0 Å². The van der Waals surface area contributed by atoms with Crippen molar-refractivity contribution in [3.63, 3.8) is 0 Å². The average molecular weight is 564 g/mol. The first-order chi connectivity index (χ1) is 19.2. The smallest absolute Gasteiger partial charge is 0.257 e. The predicted octanol–water partition coefficient (Wildman–Crippen LogP) is 4.00. The molecule has 2 aliphatic carbocycles. The first-order valence-corrected chi connectivity index (χ1v) is 16.0. The van der Waals surface area contributed by atoms with Crippen molar-refractivity contribution in [1.29, 1.82) is 0 Å². The van der Waals surface area contributed by atoms with Crippen molar-refractivity contribution < 1.29 is 18.3 Å². The summed E-state index contributed by atoms with van der Waals surface area (Å²) < 4.78 is 29.4. The predicted molar refractivity (Wildman–Crippen MR) is 159 cm³/mol. The van der Waals surface area contributed by atoms with Crippen molar-refractivity contribution >= 4 is 49.6 Å². The van der Waals surface area contributed by atoms with E-state index in [1.165, 1.54) is 24.8 Å². The molecule has 2 aromatic carbocycles. The Morgan fingerprint density at radius 2 is 1.70 bits per heavy atom. The van der Waals surface area contributed by atoms with Crippen LogP contribution in [0.15, 0.2) is 42.6 Å². The maximum absolute atomic E-state index is 13.8. The lowest BCUT2D eigenvalue weighted by molar-refractivity contribution is 0.102. The third-order valence-electron chi connectivity index (χ3n) is 9.52. The van der Waals surface area contributed by atoms with Gasteiger partial charge in [-0.1, -0.05) is 0 Å². The van der Waals surface area contributed by atoms with Gasteiger partial charge in [0.2, 0.25) is 10.0 Å². The number of rotatable bonds is 8. The number of fused-ring (bicyclic) bond motifs is 2. The first kappa shape index (κ1) is 25.7. The average Bonchev–Trinajstić information content (AvgIpc) is 3.78. The number of nitrogens with zero attached hydrogens (tertiary/aromatic N) is 3. The molecule has 3 N–H and O–H groups in total. The molecule has 2 aliphatic heterocycles. The van der Waals surface area contributed by atoms with E-state index in [1.807, 2.05) is 6.07 Å². The number of carbonyl (C=O) groups is 1. The van der Waals surface area contributed by atoms with Gasteiger partial charge in [0.1, 0.15) is 0 Å². The molecule has 1 aromatic heterocycles. The van der Waals surface area contributed by atoms with E-state index in [0.29, 0.717) is 16.7 Å². The minimum absolute atomic E-state index is 0.211. The molecule has 2 saturated heterocycles. The number of sulfonamides is 1. The summed E-state index contributed by atoms with van der Waals surface area (Å²) in [6.45, 7) is 3.35. The van der Waals surface area contributed by atoms with E-state index in [-0.39, 0.29) is 11.7 Å². The highest BCUT2D eigenvalue weighted by atomic mass is 32.2. The number of aryl methyl sites for hydroxylation is 1. The Bertz CT molecular complexity index is 1570. The minimum Gasteiger partial charge on any atom is -0.395 e. The second kappa shape index (κ2) is 9.41. The first-order valence-electron chi connectivity index (χ1n) is 14.4. The zero-order chi connectivity index (χ0) is 27.6. The minimum atomic E-state index is -3.68. The van der Waals surface area contributed by atoms with Crippen LogP contribution in [0.5, 0.6) is 0 Å². The number of benzene rings is 2. The fourth-order valence-electron chi connectivity index (χ4n) is 6.82. The lowest BCUT2D eigenvalue weighted by atomic mass is 9.93. The topological polar surface area (TPSA) is 107 Å². The standard InChI is InChI=1S/C30H37N5O4S/c1-33-9-4-20-15-24(17-27(28(20)33)35-18-21-14-22(21)19-35)31-29(37)25-3-2-23(32-40(38,39)13-12-36)16-26(25)34-10-7-30(5-6-30)8-11-34/h2-4,9,15-17,21-22,32,36H,5-8,10-14,18-19H2,1H3,(H,31,37). The van der Waals surface area contributed by atoms with E-state index < -0.39 is 16.6 Å². The number of aromatic nitrogens is 1. The van der Waals surface area contributed by atoms with E-state index in [4.69, 9.17) is 5.11 Å². The number of aliphatic hydroxyl groups excluding tert-OH is 1. The normalized spacial score (nSPS) is 22.9. The molecule has 4 aliphatic rings. The van der Waals surface area contributed by atoms with Gasteiger partial charge in [0.25, 0.3) is 5.91 Å². The summed E-state index contributed by atoms with van der Waals surface area (Å²) in [7, 11) is -1.62. The van der Waals surface area contributed by atoms with Gasteiger partial charge in [-0.2, -0.15) is 0 Å². The second-order valence-electron chi connectivity index (χ2n) is 12.3. The summed E-state index contributed by atoms with van der Waals surface area (Å²) in [6.07, 6.45) is 8.11. The largest absolute Gasteiger partial charge is 0.395 e. The van der Waals surface area contributed by atoms with Crippen LogP contribution < -0.4 is 19.8 Å². The lowest BCUT2D eigenvalue weighted by Crippen LogP contribution is -2.35. The van der Waals surface area contributed by atoms with Crippen LogP contribution in [0, 0.1) is 17.3 Å². The third kappa shape index (κ3) is 4.81. The highest BCUT2D eigenvalue weighted by molar-refractivity contribution is 7.92. The zero-order valence-corrected chi connectivity index (χ0v) is 23.7. The van der Waals surface area contributed by atoms with Crippen LogP contribution in [0.25, 0.3) is 10.9 Å². The highest BCUT2D eigenvalue weighted by Crippen LogP contribution is 2.54. The molecule has 7 rings (SSSR count). The van der Waals surface area contributed by atoms with Gasteiger partial charge in [-0.3, -0.25) is 9.52 Å². The van der Waals surface area contributed by atoms with Gasteiger partial charge < -0.3 is 24.8 Å². The van der Waals surface area contributed by atoms with Crippen LogP contribution in [0.1, 0.15) is 42.5 Å². The highest BCUT2D eigenvalue weighted by Gasteiger charge is 2.46. The maximum Gasteiger partial charge on any atom is 0.257 e. The Morgan fingerprint density at radius 1 is 0.975 bits per heavy atom. The number of anilines is 4. The Balaban J connectivity index is 1.19. The monoisotopic (exact) mass is 563 g/mol. The Hall–Kier alpha value is -3.24. The van der Waals surface area contributed by atoms with Crippen molar-refractivity contribution in [2.75, 3.05) is 58.4 Å². The van der Waals surface area contributed by atoms with E-state index in [2.05, 4.69) is 49.8 Å². The quantitative estimate of drug-likeness (QED) is 0.383. The molecule has 2 unspecified atom stereocenters. The molecule has 2 saturated carbocycles. The van der Waals surface area contributed by atoms with Crippen molar-refractivity contribution in [1.82, 2.24) is 4.57 Å². The van der Waals surface area contributed by atoms with Gasteiger partial charge in [0, 0.05) is 50.5 Å². The molecule has 40 heavy (non-hydrogen) atoms. The van der Waals surface area contributed by atoms with E-state index >= 15 is 0 Å². The van der Waals surface area contributed by atoms with Crippen LogP contribution in [0.4, 0.5) is 22.7 Å². The Labute approximate surface area is 235 Å². The molecule has 10 heteroatoms. The Morgan fingerprint density at radius 3 is 2.40 bits per heavy atom. The summed E-state index contributed by atoms with van der Waals surface area (Å²) in [5.74, 6) is 1.00. The molecule has 0 bridgehead atoms. The van der Waals surface area contributed by atoms with Crippen LogP contribution in [0.2, 0.25) is 0 Å². The maximum atomic E-state index is 13.8. The van der Waals surface area contributed by atoms with Crippen molar-refractivity contribution in [2.45, 2.75) is 32.1 Å². The van der Waals surface area contributed by atoms with Crippen LogP contribution in [-0.4, -0.2) is 62.5 Å². The van der Waals surface area contributed by atoms with Gasteiger partial charge >= 0.3 is 0 Å². The van der Waals surface area contributed by atoms with E-state index in [9.17, 15) is 13.2 Å². The molecule has 2 atom stereocenters. The fraction of sp³-hybridized carbons (Fsp3) is 0.500. The number of piperidine rings is 2. The van der Waals surface area contributed by atoms with Gasteiger partial charge in [-0.05, 0) is 85.8 Å². The van der Waals surface area contributed by atoms with Gasteiger partial charge in [-0.25, -0.2) is 8.42 Å². The molecule has 3 aromatic rings. The molecule has 1 spiro atoms. The van der Waals surface area contributed by atoms with Crippen molar-refractivity contribution in [3.05, 3.63) is 48.2 Å². The molecule has 1 amide bonds. The molecular weight excluding hydrogens is 526 g/mol. The third-order valence-corrected chi connectivity index (χ3v) is 10.8. The van der Waals surface area contributed by atoms with E-state index in [1.54, 1.807) is 18.2 Å². The molecule has 4 fully saturated rings.